The number of fused-ring (bicyclic) bond motifs is 1. The van der Waals surface area contributed by atoms with Crippen LogP contribution < -0.4 is 10.1 Å². The number of carbonyl (C=O) groups is 1. The number of carbonyl (C=O) groups excluding carboxylic acids is 1. The normalized spacial score (nSPS) is 17.7. The van der Waals surface area contributed by atoms with Gasteiger partial charge in [-0.05, 0) is 63.5 Å². The minimum absolute atomic E-state index is 0.0328. The van der Waals surface area contributed by atoms with Crippen molar-refractivity contribution >= 4 is 40.2 Å². The first-order valence-corrected chi connectivity index (χ1v) is 12.8. The van der Waals surface area contributed by atoms with Crippen LogP contribution in [0.25, 0.3) is 11.0 Å². The van der Waals surface area contributed by atoms with Crippen molar-refractivity contribution in [3.05, 3.63) is 71.5 Å². The van der Waals surface area contributed by atoms with Gasteiger partial charge in [-0.3, -0.25) is 9.78 Å². The highest BCUT2D eigenvalue weighted by molar-refractivity contribution is 6.30. The molecule has 0 radical (unpaired) electrons. The van der Waals surface area contributed by atoms with Crippen LogP contribution in [0.3, 0.4) is 0 Å². The number of anilines is 2. The van der Waals surface area contributed by atoms with Crippen molar-refractivity contribution in [2.45, 2.75) is 19.1 Å². The lowest BCUT2D eigenvalue weighted by molar-refractivity contribution is -0.0548. The number of imidazole rings is 1. The van der Waals surface area contributed by atoms with Gasteiger partial charge in [0.25, 0.3) is 5.91 Å². The number of pyridine rings is 1. The summed E-state index contributed by atoms with van der Waals surface area (Å²) in [5.41, 5.74) is 2.96. The van der Waals surface area contributed by atoms with Crippen LogP contribution in [0.5, 0.6) is 11.5 Å². The highest BCUT2D eigenvalue weighted by Gasteiger charge is 2.31. The third-order valence-corrected chi connectivity index (χ3v) is 6.73. The predicted molar refractivity (Wildman–Crippen MR) is 149 cm³/mol. The van der Waals surface area contributed by atoms with Crippen LogP contribution in [0.2, 0.25) is 5.02 Å². The lowest BCUT2D eigenvalue weighted by Crippen LogP contribution is -2.53. The molecule has 9 nitrogen and oxygen atoms in total. The summed E-state index contributed by atoms with van der Waals surface area (Å²) in [5, 5.41) is 3.99. The number of benzene rings is 2. The van der Waals surface area contributed by atoms with Gasteiger partial charge in [0.2, 0.25) is 5.95 Å². The van der Waals surface area contributed by atoms with Crippen LogP contribution in [0, 0.1) is 0 Å². The highest BCUT2D eigenvalue weighted by Crippen LogP contribution is 2.29. The van der Waals surface area contributed by atoms with Crippen LogP contribution in [0.1, 0.15) is 17.4 Å². The molecule has 2 atom stereocenters. The molecule has 38 heavy (non-hydrogen) atoms. The van der Waals surface area contributed by atoms with Crippen LogP contribution >= 0.6 is 11.6 Å². The van der Waals surface area contributed by atoms with Gasteiger partial charge in [0.15, 0.2) is 0 Å². The fourth-order valence-electron chi connectivity index (χ4n) is 4.51. The standard InChI is InChI=1S/C28H31ClN6O3/c1-18-17-37-23(15-33(2)3)16-35(18)27(36)25-14-22(11-12-30-25)38-21-9-10-26-24(13-21)32-28(34(26)4)31-20-7-5-19(29)6-8-20/h5-14,18,23H,15-17H2,1-4H3,(H,31,32). The van der Waals surface area contributed by atoms with Crippen molar-refractivity contribution < 1.29 is 14.3 Å². The summed E-state index contributed by atoms with van der Waals surface area (Å²) in [4.78, 5) is 26.3. The lowest BCUT2D eigenvalue weighted by Gasteiger charge is -2.38. The molecule has 1 aliphatic rings. The van der Waals surface area contributed by atoms with Crippen molar-refractivity contribution in [2.75, 3.05) is 39.1 Å². The molecule has 2 aromatic heterocycles. The topological polar surface area (TPSA) is 84.8 Å². The summed E-state index contributed by atoms with van der Waals surface area (Å²) in [6, 6.07) is 16.6. The SMILES string of the molecule is CC1COC(CN(C)C)CN1C(=O)c1cc(Oc2ccc3c(c2)nc(Nc2ccc(Cl)cc2)n3C)ccn1. The predicted octanol–water partition coefficient (Wildman–Crippen LogP) is 4.95. The van der Waals surface area contributed by atoms with Crippen LogP contribution in [0.15, 0.2) is 60.8 Å². The van der Waals surface area contributed by atoms with E-state index < -0.39 is 0 Å². The Labute approximate surface area is 226 Å². The largest absolute Gasteiger partial charge is 0.457 e. The average Bonchev–Trinajstić information content (AvgIpc) is 3.20. The lowest BCUT2D eigenvalue weighted by atomic mass is 10.1. The Balaban J connectivity index is 1.32. The molecule has 1 N–H and O–H groups in total. The zero-order valence-electron chi connectivity index (χ0n) is 21.9. The summed E-state index contributed by atoms with van der Waals surface area (Å²) in [7, 11) is 5.94. The zero-order valence-corrected chi connectivity index (χ0v) is 22.6. The molecule has 0 bridgehead atoms. The van der Waals surface area contributed by atoms with E-state index in [1.54, 1.807) is 18.3 Å². The van der Waals surface area contributed by atoms with Gasteiger partial charge in [0.1, 0.15) is 17.2 Å². The van der Waals surface area contributed by atoms with Crippen molar-refractivity contribution in [3.8, 4) is 11.5 Å². The smallest absolute Gasteiger partial charge is 0.272 e. The van der Waals surface area contributed by atoms with E-state index in [9.17, 15) is 4.79 Å². The van der Waals surface area contributed by atoms with Gasteiger partial charge in [-0.25, -0.2) is 4.98 Å². The maximum Gasteiger partial charge on any atom is 0.272 e. The Morgan fingerprint density at radius 1 is 1.16 bits per heavy atom. The number of halogens is 1. The molecule has 1 amide bonds. The first kappa shape index (κ1) is 26.0. The second-order valence-electron chi connectivity index (χ2n) is 9.78. The number of aryl methyl sites for hydroxylation is 1. The van der Waals surface area contributed by atoms with Crippen LogP contribution in [0.4, 0.5) is 11.6 Å². The van der Waals surface area contributed by atoms with Crippen molar-refractivity contribution in [2.24, 2.45) is 7.05 Å². The molecule has 1 aliphatic heterocycles. The van der Waals surface area contributed by atoms with Gasteiger partial charge in [0, 0.05) is 49.2 Å². The molecule has 1 fully saturated rings. The Morgan fingerprint density at radius 2 is 1.92 bits per heavy atom. The molecule has 0 saturated carbocycles. The number of hydrogen-bond donors (Lipinski definition) is 1. The third-order valence-electron chi connectivity index (χ3n) is 6.47. The Kier molecular flexibility index (Phi) is 7.51. The monoisotopic (exact) mass is 534 g/mol. The van der Waals surface area contributed by atoms with Crippen molar-refractivity contribution in [1.29, 1.82) is 0 Å². The Morgan fingerprint density at radius 3 is 2.68 bits per heavy atom. The molecule has 0 spiro atoms. The van der Waals surface area contributed by atoms with Crippen molar-refractivity contribution in [3.63, 3.8) is 0 Å². The summed E-state index contributed by atoms with van der Waals surface area (Å²) in [5.74, 6) is 1.71. The average molecular weight is 535 g/mol. The molecule has 5 rings (SSSR count). The quantitative estimate of drug-likeness (QED) is 0.359. The summed E-state index contributed by atoms with van der Waals surface area (Å²) >= 11 is 5.99. The van der Waals surface area contributed by atoms with Gasteiger partial charge in [0.05, 0.1) is 29.8 Å². The number of ether oxygens (including phenoxy) is 2. The molecule has 3 heterocycles. The van der Waals surface area contributed by atoms with E-state index >= 15 is 0 Å². The number of hydrogen-bond acceptors (Lipinski definition) is 7. The Bertz CT molecular complexity index is 1440. The fourth-order valence-corrected chi connectivity index (χ4v) is 4.64. The van der Waals surface area contributed by atoms with E-state index in [0.717, 1.165) is 23.3 Å². The van der Waals surface area contributed by atoms with E-state index in [1.807, 2.05) is 80.0 Å². The minimum atomic E-state index is -0.131. The molecular formula is C28H31ClN6O3. The summed E-state index contributed by atoms with van der Waals surface area (Å²) in [6.45, 7) is 3.76. The first-order valence-electron chi connectivity index (χ1n) is 12.5. The molecular weight excluding hydrogens is 504 g/mol. The number of amides is 1. The first-order chi connectivity index (χ1) is 18.3. The minimum Gasteiger partial charge on any atom is -0.457 e. The fraction of sp³-hybridized carbons (Fsp3) is 0.321. The van der Waals surface area contributed by atoms with Gasteiger partial charge >= 0.3 is 0 Å². The molecule has 1 saturated heterocycles. The maximum atomic E-state index is 13.3. The van der Waals surface area contributed by atoms with Gasteiger partial charge < -0.3 is 29.2 Å². The highest BCUT2D eigenvalue weighted by atomic mass is 35.5. The third kappa shape index (κ3) is 5.75. The van der Waals surface area contributed by atoms with Crippen LogP contribution in [-0.4, -0.2) is 76.2 Å². The molecule has 2 unspecified atom stereocenters. The molecule has 2 aromatic carbocycles. The summed E-state index contributed by atoms with van der Waals surface area (Å²) in [6.07, 6.45) is 1.56. The van der Waals surface area contributed by atoms with Gasteiger partial charge in [-0.15, -0.1) is 0 Å². The maximum absolute atomic E-state index is 13.3. The van der Waals surface area contributed by atoms with E-state index in [2.05, 4.69) is 15.2 Å². The number of likely N-dealkylation sites (N-methyl/N-ethyl adjacent to an activating group) is 1. The summed E-state index contributed by atoms with van der Waals surface area (Å²) < 4.78 is 14.0. The van der Waals surface area contributed by atoms with E-state index in [0.29, 0.717) is 41.3 Å². The number of morpholine rings is 1. The second kappa shape index (κ2) is 11.0. The Hall–Kier alpha value is -3.66. The van der Waals surface area contributed by atoms with Crippen molar-refractivity contribution in [1.82, 2.24) is 24.3 Å². The van der Waals surface area contributed by atoms with E-state index in [-0.39, 0.29) is 18.1 Å². The van der Waals surface area contributed by atoms with Gasteiger partial charge in [-0.1, -0.05) is 11.6 Å². The molecule has 10 heteroatoms. The molecule has 0 aliphatic carbocycles. The number of nitrogens with zero attached hydrogens (tertiary/aromatic N) is 5. The zero-order chi connectivity index (χ0) is 26.8. The number of nitrogens with one attached hydrogen (secondary N) is 1. The second-order valence-corrected chi connectivity index (χ2v) is 10.2. The number of rotatable bonds is 7. The van der Waals surface area contributed by atoms with Crippen LogP contribution in [-0.2, 0) is 11.8 Å². The molecule has 198 valence electrons. The van der Waals surface area contributed by atoms with Gasteiger partial charge in [-0.2, -0.15) is 0 Å². The molecule has 4 aromatic rings. The van der Waals surface area contributed by atoms with E-state index in [1.165, 1.54) is 0 Å². The number of aromatic nitrogens is 3. The van der Waals surface area contributed by atoms with E-state index in [4.69, 9.17) is 26.1 Å².